The number of hydrogen-bond acceptors (Lipinski definition) is 3. The van der Waals surface area contributed by atoms with E-state index in [9.17, 15) is 23.6 Å². The number of unbranched alkanes of at least 4 members (excludes halogenated alkanes) is 1. The zero-order valence-electron chi connectivity index (χ0n) is 20.4. The van der Waals surface area contributed by atoms with E-state index in [-0.39, 0.29) is 24.3 Å². The van der Waals surface area contributed by atoms with Gasteiger partial charge in [-0.05, 0) is 54.9 Å². The summed E-state index contributed by atoms with van der Waals surface area (Å²) in [5.41, 5.74) is 0.860. The number of rotatable bonds is 10. The van der Waals surface area contributed by atoms with E-state index in [1.54, 1.807) is 4.90 Å². The van der Waals surface area contributed by atoms with Gasteiger partial charge in [-0.3, -0.25) is 9.59 Å². The third-order valence-corrected chi connectivity index (χ3v) is 7.01. The average molecular weight is 482 g/mol. The maximum atomic E-state index is 13.4. The van der Waals surface area contributed by atoms with Gasteiger partial charge >= 0.3 is 0 Å². The van der Waals surface area contributed by atoms with Crippen LogP contribution in [-0.4, -0.2) is 29.3 Å². The molecule has 0 radical (unpaired) electrons. The minimum atomic E-state index is -0.959. The molecule has 0 aromatic heterocycles. The first-order valence-corrected chi connectivity index (χ1v) is 12.3. The summed E-state index contributed by atoms with van der Waals surface area (Å²) in [6, 6.07) is 15.3. The summed E-state index contributed by atoms with van der Waals surface area (Å²) in [6.07, 6.45) is 3.68. The molecule has 1 N–H and O–H groups in total. The van der Waals surface area contributed by atoms with Crippen LogP contribution in [-0.2, 0) is 21.5 Å². The van der Waals surface area contributed by atoms with Crippen LogP contribution in [0.2, 0.25) is 0 Å². The number of nitrogens with zero attached hydrogens (tertiary/aromatic N) is 2. The minimum absolute atomic E-state index is 0.0673. The molecule has 1 heterocycles. The standard InChI is InChI=1S/C28H33F2N3O2/c1-20(2)28(19-31,22-9-4-3-5-10-22)15-7-6-12-26(34)33-16-8-11-25(33)27(35)32-18-21-13-14-23(29)24(30)17-21/h3-5,9-10,13-14,17,20,25H,6-8,11-12,15-16,18H2,1-2H3,(H,32,35)/t25-,28+/m1/s1. The fourth-order valence-corrected chi connectivity index (χ4v) is 4.87. The lowest BCUT2D eigenvalue weighted by atomic mass is 9.69. The summed E-state index contributed by atoms with van der Waals surface area (Å²) in [7, 11) is 0. The Morgan fingerprint density at radius 2 is 1.89 bits per heavy atom. The molecule has 0 unspecified atom stereocenters. The van der Waals surface area contributed by atoms with Crippen molar-refractivity contribution >= 4 is 11.8 Å². The number of hydrogen-bond donors (Lipinski definition) is 1. The van der Waals surface area contributed by atoms with Gasteiger partial charge in [0.25, 0.3) is 0 Å². The topological polar surface area (TPSA) is 73.2 Å². The molecular weight excluding hydrogens is 448 g/mol. The van der Waals surface area contributed by atoms with Crippen LogP contribution in [0.5, 0.6) is 0 Å². The molecule has 1 aliphatic heterocycles. The number of nitrogens with one attached hydrogen (secondary N) is 1. The second kappa shape index (κ2) is 11.9. The highest BCUT2D eigenvalue weighted by Crippen LogP contribution is 2.37. The monoisotopic (exact) mass is 481 g/mol. The molecular formula is C28H33F2N3O2. The molecule has 1 aliphatic rings. The summed E-state index contributed by atoms with van der Waals surface area (Å²) < 4.78 is 26.5. The van der Waals surface area contributed by atoms with Crippen molar-refractivity contribution in [2.45, 2.75) is 70.4 Å². The van der Waals surface area contributed by atoms with Gasteiger partial charge in [-0.25, -0.2) is 8.78 Å². The van der Waals surface area contributed by atoms with Crippen LogP contribution in [0.1, 0.15) is 63.5 Å². The molecule has 1 saturated heterocycles. The summed E-state index contributed by atoms with van der Waals surface area (Å²) in [5.74, 6) is -2.11. The Bertz CT molecular complexity index is 1070. The molecule has 2 aromatic carbocycles. The SMILES string of the molecule is CC(C)[C@@](C#N)(CCCCC(=O)N1CCC[C@@H]1C(=O)NCc1ccc(F)c(F)c1)c1ccccc1. The van der Waals surface area contributed by atoms with Crippen molar-refractivity contribution in [2.75, 3.05) is 6.54 Å². The normalized spacial score (nSPS) is 17.1. The van der Waals surface area contributed by atoms with E-state index in [2.05, 4.69) is 25.2 Å². The number of benzene rings is 2. The molecule has 2 amide bonds. The number of carbonyl (C=O) groups excluding carboxylic acids is 2. The van der Waals surface area contributed by atoms with Crippen LogP contribution >= 0.6 is 0 Å². The van der Waals surface area contributed by atoms with Gasteiger partial charge in [0.05, 0.1) is 11.5 Å². The largest absolute Gasteiger partial charge is 0.350 e. The predicted octanol–water partition coefficient (Wildman–Crippen LogP) is 5.25. The van der Waals surface area contributed by atoms with Crippen molar-refractivity contribution in [3.8, 4) is 6.07 Å². The zero-order chi connectivity index (χ0) is 25.4. The van der Waals surface area contributed by atoms with Crippen LogP contribution in [0.3, 0.4) is 0 Å². The second-order valence-electron chi connectivity index (χ2n) is 9.52. The molecule has 35 heavy (non-hydrogen) atoms. The fourth-order valence-electron chi connectivity index (χ4n) is 4.87. The van der Waals surface area contributed by atoms with Gasteiger partial charge in [0.2, 0.25) is 11.8 Å². The predicted molar refractivity (Wildman–Crippen MR) is 130 cm³/mol. The van der Waals surface area contributed by atoms with E-state index in [1.807, 2.05) is 30.3 Å². The van der Waals surface area contributed by atoms with Gasteiger partial charge in [-0.1, -0.05) is 56.7 Å². The number of halogens is 2. The first-order valence-electron chi connectivity index (χ1n) is 12.3. The lowest BCUT2D eigenvalue weighted by Crippen LogP contribution is -2.45. The van der Waals surface area contributed by atoms with Gasteiger partial charge in [0.1, 0.15) is 6.04 Å². The average Bonchev–Trinajstić information content (AvgIpc) is 3.35. The Morgan fingerprint density at radius 3 is 2.54 bits per heavy atom. The molecule has 1 fully saturated rings. The zero-order valence-corrected chi connectivity index (χ0v) is 20.4. The first-order chi connectivity index (χ1) is 16.8. The van der Waals surface area contributed by atoms with Gasteiger partial charge in [-0.2, -0.15) is 5.26 Å². The van der Waals surface area contributed by atoms with Crippen molar-refractivity contribution < 1.29 is 18.4 Å². The molecule has 0 bridgehead atoms. The Morgan fingerprint density at radius 1 is 1.14 bits per heavy atom. The third kappa shape index (κ3) is 6.25. The number of likely N-dealkylation sites (tertiary alicyclic amines) is 1. The molecule has 0 saturated carbocycles. The molecule has 0 aliphatic carbocycles. The molecule has 186 valence electrons. The van der Waals surface area contributed by atoms with E-state index in [0.717, 1.165) is 30.5 Å². The van der Waals surface area contributed by atoms with Crippen molar-refractivity contribution in [2.24, 2.45) is 5.92 Å². The van der Waals surface area contributed by atoms with Gasteiger partial charge in [0, 0.05) is 19.5 Å². The van der Waals surface area contributed by atoms with E-state index < -0.39 is 23.1 Å². The van der Waals surface area contributed by atoms with Crippen LogP contribution in [0.4, 0.5) is 8.78 Å². The maximum absolute atomic E-state index is 13.4. The summed E-state index contributed by atoms with van der Waals surface area (Å²) in [4.78, 5) is 27.2. The molecule has 2 aromatic rings. The first kappa shape index (κ1) is 26.3. The second-order valence-corrected chi connectivity index (χ2v) is 9.52. The molecule has 7 heteroatoms. The lowest BCUT2D eigenvalue weighted by molar-refractivity contribution is -0.138. The maximum Gasteiger partial charge on any atom is 0.243 e. The Balaban J connectivity index is 1.52. The smallest absolute Gasteiger partial charge is 0.243 e. The Labute approximate surface area is 206 Å². The lowest BCUT2D eigenvalue weighted by Gasteiger charge is -2.31. The van der Waals surface area contributed by atoms with Crippen molar-refractivity contribution in [1.82, 2.24) is 10.2 Å². The number of nitriles is 1. The van der Waals surface area contributed by atoms with Crippen molar-refractivity contribution in [1.29, 1.82) is 5.26 Å². The van der Waals surface area contributed by atoms with E-state index in [4.69, 9.17) is 0 Å². The van der Waals surface area contributed by atoms with E-state index in [0.29, 0.717) is 37.8 Å². The van der Waals surface area contributed by atoms with Gasteiger partial charge in [-0.15, -0.1) is 0 Å². The van der Waals surface area contributed by atoms with E-state index in [1.165, 1.54) is 6.07 Å². The summed E-state index contributed by atoms with van der Waals surface area (Å²) in [5, 5.41) is 12.8. The summed E-state index contributed by atoms with van der Waals surface area (Å²) in [6.45, 7) is 4.70. The third-order valence-electron chi connectivity index (χ3n) is 7.01. The highest BCUT2D eigenvalue weighted by Gasteiger charge is 2.36. The van der Waals surface area contributed by atoms with E-state index >= 15 is 0 Å². The van der Waals surface area contributed by atoms with Crippen LogP contribution in [0.15, 0.2) is 48.5 Å². The highest BCUT2D eigenvalue weighted by molar-refractivity contribution is 5.88. The van der Waals surface area contributed by atoms with Crippen LogP contribution in [0.25, 0.3) is 0 Å². The van der Waals surface area contributed by atoms with Crippen LogP contribution < -0.4 is 5.32 Å². The quantitative estimate of drug-likeness (QED) is 0.471. The van der Waals surface area contributed by atoms with Crippen molar-refractivity contribution in [3.63, 3.8) is 0 Å². The fraction of sp³-hybridized carbons (Fsp3) is 0.464. The Kier molecular flexibility index (Phi) is 8.97. The van der Waals surface area contributed by atoms with Gasteiger partial charge in [0.15, 0.2) is 11.6 Å². The summed E-state index contributed by atoms with van der Waals surface area (Å²) >= 11 is 0. The van der Waals surface area contributed by atoms with Gasteiger partial charge < -0.3 is 10.2 Å². The van der Waals surface area contributed by atoms with Crippen molar-refractivity contribution in [3.05, 3.63) is 71.3 Å². The minimum Gasteiger partial charge on any atom is -0.350 e. The highest BCUT2D eigenvalue weighted by atomic mass is 19.2. The number of carbonyl (C=O) groups is 2. The Hall–Kier alpha value is -3.27. The molecule has 2 atom stereocenters. The number of amides is 2. The molecule has 0 spiro atoms. The van der Waals surface area contributed by atoms with Crippen LogP contribution in [0, 0.1) is 28.9 Å². The molecule has 3 rings (SSSR count). The molecule has 5 nitrogen and oxygen atoms in total.